The molecule has 0 aliphatic heterocycles. The zero-order valence-corrected chi connectivity index (χ0v) is 13.8. The Bertz CT molecular complexity index is 258. The maximum Gasteiger partial charge on any atom is 0.0223 e. The summed E-state index contributed by atoms with van der Waals surface area (Å²) in [5.74, 6) is 10.6. The summed E-state index contributed by atoms with van der Waals surface area (Å²) in [6, 6.07) is 0. The Balaban J connectivity index is 0.000000154. The van der Waals surface area contributed by atoms with E-state index in [2.05, 4.69) is 6.92 Å². The van der Waals surface area contributed by atoms with Crippen molar-refractivity contribution in [3.05, 3.63) is 0 Å². The minimum Gasteiger partial charge on any atom is -0.127 e. The van der Waals surface area contributed by atoms with Crippen LogP contribution in [0, 0.1) is 47.3 Å². The van der Waals surface area contributed by atoms with E-state index in [1.54, 1.807) is 38.5 Å². The highest BCUT2D eigenvalue weighted by atomic mass is 35.5. The average Bonchev–Trinajstić information content (AvgIpc) is 2.50. The maximum absolute atomic E-state index is 5.38. The van der Waals surface area contributed by atoms with Crippen LogP contribution in [0.15, 0.2) is 0 Å². The van der Waals surface area contributed by atoms with Gasteiger partial charge in [-0.2, -0.15) is 0 Å². The first-order valence-electron chi connectivity index (χ1n) is 9.37. The second-order valence-electron chi connectivity index (χ2n) is 8.53. The summed E-state index contributed by atoms with van der Waals surface area (Å²) in [5, 5.41) is 0. The third-order valence-corrected chi connectivity index (χ3v) is 7.94. The van der Waals surface area contributed by atoms with Gasteiger partial charge in [-0.05, 0) is 92.3 Å². The van der Waals surface area contributed by atoms with Crippen LogP contribution < -0.4 is 0 Å². The standard InChI is InChI=1S/C14H20.C5H11Cl/c1-7-2-12-10-4-8-5-11(9(1)10)13(3-7)14(12)6-8;1-2-3-4-5-6/h7-14H,1-6H2;2-5H2,1H3. The van der Waals surface area contributed by atoms with Gasteiger partial charge in [0, 0.05) is 5.88 Å². The van der Waals surface area contributed by atoms with Crippen LogP contribution in [0.5, 0.6) is 0 Å². The smallest absolute Gasteiger partial charge is 0.0223 e. The third-order valence-electron chi connectivity index (χ3n) is 7.67. The van der Waals surface area contributed by atoms with Crippen molar-refractivity contribution in [3.63, 3.8) is 0 Å². The molecule has 20 heavy (non-hydrogen) atoms. The SMILES string of the molecule is C1C2CC3C4CC5CC(C14)C(C2)C3C5.CCCCCCl. The van der Waals surface area contributed by atoms with Crippen LogP contribution in [0.4, 0.5) is 0 Å². The summed E-state index contributed by atoms with van der Waals surface area (Å²) in [6.07, 6.45) is 13.7. The summed E-state index contributed by atoms with van der Waals surface area (Å²) in [7, 11) is 0. The predicted octanol–water partition coefficient (Wildman–Crippen LogP) is 5.74. The summed E-state index contributed by atoms with van der Waals surface area (Å²) in [6.45, 7) is 2.17. The average molecular weight is 295 g/mol. The molecule has 0 saturated heterocycles. The van der Waals surface area contributed by atoms with Gasteiger partial charge < -0.3 is 0 Å². The second kappa shape index (κ2) is 5.49. The molecule has 0 atom stereocenters. The second-order valence-corrected chi connectivity index (χ2v) is 8.90. The quantitative estimate of drug-likeness (QED) is 0.460. The predicted molar refractivity (Wildman–Crippen MR) is 85.9 cm³/mol. The molecule has 0 aromatic rings. The van der Waals surface area contributed by atoms with Crippen molar-refractivity contribution >= 4 is 11.6 Å². The van der Waals surface area contributed by atoms with Crippen molar-refractivity contribution in [2.45, 2.75) is 64.7 Å². The molecular formula is C19H31Cl. The van der Waals surface area contributed by atoms with Crippen molar-refractivity contribution in [3.8, 4) is 0 Å². The lowest BCUT2D eigenvalue weighted by molar-refractivity contribution is -0.202. The summed E-state index contributed by atoms with van der Waals surface area (Å²) in [5.41, 5.74) is 0. The van der Waals surface area contributed by atoms with Crippen LogP contribution in [0.3, 0.4) is 0 Å². The Kier molecular flexibility index (Phi) is 3.82. The molecule has 0 amide bonds. The summed E-state index contributed by atoms with van der Waals surface area (Å²) >= 11 is 5.38. The van der Waals surface area contributed by atoms with E-state index < -0.39 is 0 Å². The Labute approximate surface area is 130 Å². The molecule has 7 aliphatic carbocycles. The maximum atomic E-state index is 5.38. The highest BCUT2D eigenvalue weighted by Gasteiger charge is 2.63. The number of rotatable bonds is 3. The van der Waals surface area contributed by atoms with E-state index in [9.17, 15) is 0 Å². The van der Waals surface area contributed by atoms with Gasteiger partial charge in [-0.1, -0.05) is 19.8 Å². The molecule has 114 valence electrons. The van der Waals surface area contributed by atoms with Gasteiger partial charge in [0.05, 0.1) is 0 Å². The Hall–Kier alpha value is 0.290. The summed E-state index contributed by atoms with van der Waals surface area (Å²) < 4.78 is 0. The van der Waals surface area contributed by atoms with Gasteiger partial charge in [-0.3, -0.25) is 0 Å². The van der Waals surface area contributed by atoms with Gasteiger partial charge in [0.2, 0.25) is 0 Å². The molecule has 8 bridgehead atoms. The zero-order valence-electron chi connectivity index (χ0n) is 13.1. The number of hydrogen-bond acceptors (Lipinski definition) is 0. The Morgan fingerprint density at radius 1 is 0.650 bits per heavy atom. The largest absolute Gasteiger partial charge is 0.127 e. The number of halogens is 1. The molecule has 1 heteroatoms. The normalized spacial score (nSPS) is 53.1. The third kappa shape index (κ3) is 2.08. The molecular weight excluding hydrogens is 264 g/mol. The lowest BCUT2D eigenvalue weighted by atomic mass is 9.36. The van der Waals surface area contributed by atoms with Crippen LogP contribution in [0.25, 0.3) is 0 Å². The molecule has 0 aromatic carbocycles. The van der Waals surface area contributed by atoms with E-state index in [0.29, 0.717) is 0 Å². The molecule has 0 N–H and O–H groups in total. The van der Waals surface area contributed by atoms with Crippen LogP contribution in [-0.2, 0) is 0 Å². The molecule has 0 nitrogen and oxygen atoms in total. The fourth-order valence-corrected chi connectivity index (χ4v) is 7.42. The van der Waals surface area contributed by atoms with E-state index in [1.165, 1.54) is 66.6 Å². The zero-order chi connectivity index (χ0) is 13.7. The van der Waals surface area contributed by atoms with E-state index in [1.807, 2.05) is 0 Å². The first-order chi connectivity index (χ1) is 9.81. The topological polar surface area (TPSA) is 0 Å². The lowest BCUT2D eigenvalue weighted by Crippen LogP contribution is -2.62. The lowest BCUT2D eigenvalue weighted by Gasteiger charge is -2.69. The molecule has 0 unspecified atom stereocenters. The number of alkyl halides is 1. The van der Waals surface area contributed by atoms with Gasteiger partial charge >= 0.3 is 0 Å². The van der Waals surface area contributed by atoms with Crippen LogP contribution in [0.2, 0.25) is 0 Å². The fourth-order valence-electron chi connectivity index (χ4n) is 7.23. The Morgan fingerprint density at radius 2 is 1.00 bits per heavy atom. The number of hydrogen-bond donors (Lipinski definition) is 0. The molecule has 7 saturated carbocycles. The van der Waals surface area contributed by atoms with Gasteiger partial charge in [0.1, 0.15) is 0 Å². The van der Waals surface area contributed by atoms with Crippen molar-refractivity contribution in [2.75, 3.05) is 5.88 Å². The molecule has 0 spiro atoms. The number of unbranched alkanes of at least 4 members (excludes halogenated alkanes) is 2. The first-order valence-corrected chi connectivity index (χ1v) is 9.91. The minimum atomic E-state index is 0.827. The fraction of sp³-hybridized carbons (Fsp3) is 1.00. The molecule has 0 aromatic heterocycles. The molecule has 0 radical (unpaired) electrons. The Morgan fingerprint density at radius 3 is 1.20 bits per heavy atom. The minimum absolute atomic E-state index is 0.827. The molecule has 0 heterocycles. The summed E-state index contributed by atoms with van der Waals surface area (Å²) in [4.78, 5) is 0. The van der Waals surface area contributed by atoms with Crippen LogP contribution >= 0.6 is 11.6 Å². The monoisotopic (exact) mass is 294 g/mol. The van der Waals surface area contributed by atoms with Crippen molar-refractivity contribution in [1.29, 1.82) is 0 Å². The highest BCUT2D eigenvalue weighted by Crippen LogP contribution is 2.71. The van der Waals surface area contributed by atoms with Gasteiger partial charge in [0.25, 0.3) is 0 Å². The van der Waals surface area contributed by atoms with Crippen molar-refractivity contribution in [1.82, 2.24) is 0 Å². The molecule has 7 aliphatic rings. The molecule has 7 rings (SSSR count). The van der Waals surface area contributed by atoms with Crippen molar-refractivity contribution in [2.24, 2.45) is 47.3 Å². The van der Waals surface area contributed by atoms with Crippen molar-refractivity contribution < 1.29 is 0 Å². The van der Waals surface area contributed by atoms with E-state index >= 15 is 0 Å². The molecule has 7 fully saturated rings. The van der Waals surface area contributed by atoms with Crippen LogP contribution in [0.1, 0.15) is 64.7 Å². The van der Waals surface area contributed by atoms with Gasteiger partial charge in [0.15, 0.2) is 0 Å². The van der Waals surface area contributed by atoms with E-state index in [4.69, 9.17) is 11.6 Å². The van der Waals surface area contributed by atoms with E-state index in [-0.39, 0.29) is 0 Å². The van der Waals surface area contributed by atoms with Crippen LogP contribution in [-0.4, -0.2) is 5.88 Å². The van der Waals surface area contributed by atoms with E-state index in [0.717, 1.165) is 5.88 Å². The first kappa shape index (κ1) is 13.9. The van der Waals surface area contributed by atoms with Gasteiger partial charge in [-0.25, -0.2) is 0 Å². The highest BCUT2D eigenvalue weighted by molar-refractivity contribution is 6.17. The van der Waals surface area contributed by atoms with Gasteiger partial charge in [-0.15, -0.1) is 11.6 Å².